The molecule has 3 aromatic carbocycles. The van der Waals surface area contributed by atoms with E-state index in [0.29, 0.717) is 34.6 Å². The topological polar surface area (TPSA) is 0 Å². The van der Waals surface area contributed by atoms with Crippen LogP contribution in [0.3, 0.4) is 0 Å². The van der Waals surface area contributed by atoms with E-state index in [1.165, 1.54) is 25.7 Å². The zero-order valence-electron chi connectivity index (χ0n) is 23.7. The van der Waals surface area contributed by atoms with Crippen LogP contribution in [-0.4, -0.2) is 0 Å². The molecule has 0 heterocycles. The van der Waals surface area contributed by atoms with E-state index in [1.54, 1.807) is 48.5 Å². The van der Waals surface area contributed by atoms with Crippen molar-refractivity contribution >= 4 is 0 Å². The van der Waals surface area contributed by atoms with E-state index < -0.39 is 23.3 Å². The Kier molecular flexibility index (Phi) is 9.13. The number of rotatable bonds is 7. The first kappa shape index (κ1) is 28.6. The summed E-state index contributed by atoms with van der Waals surface area (Å²) in [5.74, 6) is -1.04. The predicted octanol–water partition coefficient (Wildman–Crippen LogP) is 11.2. The molecule has 0 bridgehead atoms. The standard InChI is InChI=1S/C36H40F4/c1-3-5-23-7-9-24(10-8-23)25-11-13-26(14-12-25)31-21-22-32(36(40)35(31)39)28-17-15-27(16-18-28)30-20-19-29(6-4-2)33(37)34(30)38/h3,5,15-26H,4,6-14H2,1-2H3/b5-3+. The minimum Gasteiger partial charge on any atom is -0.203 e. The van der Waals surface area contributed by atoms with Crippen LogP contribution in [0.25, 0.3) is 22.3 Å². The zero-order chi connectivity index (χ0) is 28.2. The first-order valence-corrected chi connectivity index (χ1v) is 15.1. The molecule has 0 amide bonds. The molecular formula is C36H40F4. The quantitative estimate of drug-likeness (QED) is 0.203. The maximum atomic E-state index is 15.4. The first-order chi connectivity index (χ1) is 19.4. The zero-order valence-corrected chi connectivity index (χ0v) is 23.7. The van der Waals surface area contributed by atoms with E-state index in [2.05, 4.69) is 19.1 Å². The van der Waals surface area contributed by atoms with Gasteiger partial charge in [0.25, 0.3) is 0 Å². The maximum absolute atomic E-state index is 15.4. The minimum absolute atomic E-state index is 0.0510. The van der Waals surface area contributed by atoms with E-state index in [4.69, 9.17) is 0 Å². The molecule has 0 unspecified atom stereocenters. The van der Waals surface area contributed by atoms with Crippen molar-refractivity contribution in [3.05, 3.63) is 95.1 Å². The highest BCUT2D eigenvalue weighted by atomic mass is 19.2. The van der Waals surface area contributed by atoms with Crippen molar-refractivity contribution in [3.63, 3.8) is 0 Å². The fourth-order valence-electron chi connectivity index (χ4n) is 7.19. The van der Waals surface area contributed by atoms with Gasteiger partial charge in [0.05, 0.1) is 0 Å². The molecule has 2 fully saturated rings. The van der Waals surface area contributed by atoms with Gasteiger partial charge in [0.1, 0.15) is 0 Å². The molecule has 5 rings (SSSR count). The van der Waals surface area contributed by atoms with Gasteiger partial charge in [-0.25, -0.2) is 17.6 Å². The Bertz CT molecular complexity index is 1320. The molecule has 0 radical (unpaired) electrons. The third-order valence-corrected chi connectivity index (χ3v) is 9.46. The summed E-state index contributed by atoms with van der Waals surface area (Å²) in [6.07, 6.45) is 14.8. The Labute approximate surface area is 236 Å². The maximum Gasteiger partial charge on any atom is 0.166 e. The van der Waals surface area contributed by atoms with Crippen molar-refractivity contribution in [1.29, 1.82) is 0 Å². The third kappa shape index (κ3) is 5.92. The van der Waals surface area contributed by atoms with Crippen LogP contribution in [0.15, 0.2) is 60.7 Å². The summed E-state index contributed by atoms with van der Waals surface area (Å²) >= 11 is 0. The lowest BCUT2D eigenvalue weighted by atomic mass is 9.68. The van der Waals surface area contributed by atoms with Gasteiger partial charge in [-0.2, -0.15) is 0 Å². The van der Waals surface area contributed by atoms with Crippen molar-refractivity contribution < 1.29 is 17.6 Å². The van der Waals surface area contributed by atoms with Gasteiger partial charge in [-0.15, -0.1) is 0 Å². The molecule has 4 heteroatoms. The molecule has 0 aliphatic heterocycles. The number of aryl methyl sites for hydroxylation is 1. The van der Waals surface area contributed by atoms with Gasteiger partial charge in [0.2, 0.25) is 0 Å². The summed E-state index contributed by atoms with van der Waals surface area (Å²) in [6, 6.07) is 13.1. The van der Waals surface area contributed by atoms with Crippen molar-refractivity contribution in [2.45, 2.75) is 84.0 Å². The van der Waals surface area contributed by atoms with Crippen LogP contribution in [-0.2, 0) is 6.42 Å². The average molecular weight is 549 g/mol. The Balaban J connectivity index is 1.26. The molecule has 3 aromatic rings. The molecule has 0 N–H and O–H groups in total. The van der Waals surface area contributed by atoms with Crippen molar-refractivity contribution in [1.82, 2.24) is 0 Å². The van der Waals surface area contributed by atoms with Crippen molar-refractivity contribution in [2.75, 3.05) is 0 Å². The smallest absolute Gasteiger partial charge is 0.166 e. The molecule has 0 nitrogen and oxygen atoms in total. The fourth-order valence-corrected chi connectivity index (χ4v) is 7.19. The lowest BCUT2D eigenvalue weighted by Crippen LogP contribution is -2.25. The summed E-state index contributed by atoms with van der Waals surface area (Å²) in [7, 11) is 0. The Hall–Kier alpha value is -2.88. The highest BCUT2D eigenvalue weighted by Crippen LogP contribution is 2.45. The van der Waals surface area contributed by atoms with Gasteiger partial charge in [-0.05, 0) is 111 Å². The van der Waals surface area contributed by atoms with Crippen LogP contribution in [0, 0.1) is 41.0 Å². The second-order valence-electron chi connectivity index (χ2n) is 11.9. The second-order valence-corrected chi connectivity index (χ2v) is 11.9. The van der Waals surface area contributed by atoms with E-state index in [1.807, 2.05) is 6.92 Å². The molecule has 212 valence electrons. The van der Waals surface area contributed by atoms with Gasteiger partial charge in [-0.3, -0.25) is 0 Å². The summed E-state index contributed by atoms with van der Waals surface area (Å²) in [6.45, 7) is 4.01. The lowest BCUT2D eigenvalue weighted by Gasteiger charge is -2.37. The molecule has 2 aliphatic carbocycles. The van der Waals surface area contributed by atoms with Crippen LogP contribution in [0.4, 0.5) is 17.6 Å². The van der Waals surface area contributed by atoms with Gasteiger partial charge in [-0.1, -0.05) is 74.0 Å². The molecule has 0 aromatic heterocycles. The monoisotopic (exact) mass is 548 g/mol. The van der Waals surface area contributed by atoms with Gasteiger partial charge < -0.3 is 0 Å². The normalized spacial score (nSPS) is 23.6. The number of halogens is 4. The minimum atomic E-state index is -0.878. The number of benzene rings is 3. The Morgan fingerprint density at radius 1 is 0.625 bits per heavy atom. The number of allylic oxidation sites excluding steroid dienone is 2. The molecule has 0 saturated heterocycles. The highest BCUT2D eigenvalue weighted by Gasteiger charge is 2.32. The Morgan fingerprint density at radius 3 is 1.70 bits per heavy atom. The molecule has 2 aliphatic rings. The summed E-state index contributed by atoms with van der Waals surface area (Å²) in [5, 5.41) is 0. The van der Waals surface area contributed by atoms with Crippen LogP contribution in [0.1, 0.15) is 88.7 Å². The summed E-state index contributed by atoms with van der Waals surface area (Å²) in [4.78, 5) is 0. The highest BCUT2D eigenvalue weighted by molar-refractivity contribution is 5.71. The molecule has 40 heavy (non-hydrogen) atoms. The SMILES string of the molecule is C/C=C/C1CCC(C2CCC(c3ccc(-c4ccc(-c5ccc(CCC)c(F)c5F)cc4)c(F)c3F)CC2)CC1. The van der Waals surface area contributed by atoms with Crippen LogP contribution in [0.5, 0.6) is 0 Å². The first-order valence-electron chi connectivity index (χ1n) is 15.1. The van der Waals surface area contributed by atoms with Crippen molar-refractivity contribution in [2.24, 2.45) is 17.8 Å². The largest absolute Gasteiger partial charge is 0.203 e. The van der Waals surface area contributed by atoms with Crippen LogP contribution in [0.2, 0.25) is 0 Å². The van der Waals surface area contributed by atoms with E-state index >= 15 is 8.78 Å². The van der Waals surface area contributed by atoms with Crippen LogP contribution >= 0.6 is 0 Å². The van der Waals surface area contributed by atoms with Crippen molar-refractivity contribution in [3.8, 4) is 22.3 Å². The Morgan fingerprint density at radius 2 is 1.15 bits per heavy atom. The molecule has 0 atom stereocenters. The van der Waals surface area contributed by atoms with E-state index in [0.717, 1.165) is 43.9 Å². The van der Waals surface area contributed by atoms with Crippen LogP contribution < -0.4 is 0 Å². The predicted molar refractivity (Wildman–Crippen MR) is 156 cm³/mol. The summed E-state index contributed by atoms with van der Waals surface area (Å²) < 4.78 is 59.9. The third-order valence-electron chi connectivity index (χ3n) is 9.46. The lowest BCUT2D eigenvalue weighted by molar-refractivity contribution is 0.170. The van der Waals surface area contributed by atoms with E-state index in [-0.39, 0.29) is 17.0 Å². The number of hydrogen-bond acceptors (Lipinski definition) is 0. The van der Waals surface area contributed by atoms with Gasteiger partial charge in [0.15, 0.2) is 23.3 Å². The second kappa shape index (κ2) is 12.7. The van der Waals surface area contributed by atoms with Gasteiger partial charge in [0, 0.05) is 11.1 Å². The molecule has 2 saturated carbocycles. The van der Waals surface area contributed by atoms with Gasteiger partial charge >= 0.3 is 0 Å². The van der Waals surface area contributed by atoms with E-state index in [9.17, 15) is 8.78 Å². The summed E-state index contributed by atoms with van der Waals surface area (Å²) in [5.41, 5.74) is 2.19. The average Bonchev–Trinajstić information content (AvgIpc) is 2.98. The fraction of sp³-hybridized carbons (Fsp3) is 0.444. The molecular weight excluding hydrogens is 508 g/mol. The number of hydrogen-bond donors (Lipinski definition) is 0. The molecule has 0 spiro atoms.